The molecular formula is C14H22N4O. The predicted molar refractivity (Wildman–Crippen MR) is 77.1 cm³/mol. The molecule has 104 valence electrons. The van der Waals surface area contributed by atoms with Gasteiger partial charge in [-0.25, -0.2) is 0 Å². The number of rotatable bonds is 8. The van der Waals surface area contributed by atoms with Crippen molar-refractivity contribution in [3.05, 3.63) is 30.0 Å². The van der Waals surface area contributed by atoms with Crippen LogP contribution in [0.15, 0.2) is 24.3 Å². The molecule has 2 aromatic rings. The smallest absolute Gasteiger partial charge is 0.0924 e. The van der Waals surface area contributed by atoms with Gasteiger partial charge in [-0.15, -0.1) is 0 Å². The molecule has 5 nitrogen and oxygen atoms in total. The molecule has 0 aliphatic rings. The standard InChI is InChI=1S/C14H22N4O/c1-11(9-15-7-8-19-2)16-10-14-12-5-3-4-6-13(12)17-18-14/h3-6,11,15-16H,7-10H2,1-2H3,(H,17,18). The largest absolute Gasteiger partial charge is 0.383 e. The topological polar surface area (TPSA) is 62.0 Å². The zero-order valence-electron chi connectivity index (χ0n) is 11.6. The Labute approximate surface area is 113 Å². The van der Waals surface area contributed by atoms with E-state index in [4.69, 9.17) is 4.74 Å². The maximum Gasteiger partial charge on any atom is 0.0924 e. The van der Waals surface area contributed by atoms with Crippen LogP contribution in [-0.4, -0.2) is 43.0 Å². The minimum absolute atomic E-state index is 0.402. The maximum absolute atomic E-state index is 4.99. The molecule has 1 heterocycles. The molecular weight excluding hydrogens is 240 g/mol. The Bertz CT molecular complexity index is 497. The van der Waals surface area contributed by atoms with Crippen molar-refractivity contribution in [2.24, 2.45) is 0 Å². The zero-order chi connectivity index (χ0) is 13.5. The Morgan fingerprint density at radius 2 is 2.21 bits per heavy atom. The Morgan fingerprint density at radius 3 is 3.05 bits per heavy atom. The molecule has 0 amide bonds. The van der Waals surface area contributed by atoms with Crippen molar-refractivity contribution in [2.75, 3.05) is 26.8 Å². The third-order valence-corrected chi connectivity index (χ3v) is 3.10. The van der Waals surface area contributed by atoms with Gasteiger partial charge in [0.25, 0.3) is 0 Å². The molecule has 1 aromatic carbocycles. The second-order valence-electron chi connectivity index (χ2n) is 4.70. The number of ether oxygens (including phenoxy) is 1. The van der Waals surface area contributed by atoms with E-state index in [1.807, 2.05) is 18.2 Å². The van der Waals surface area contributed by atoms with E-state index in [2.05, 4.69) is 33.8 Å². The molecule has 3 N–H and O–H groups in total. The molecule has 0 bridgehead atoms. The lowest BCUT2D eigenvalue weighted by Gasteiger charge is -2.14. The molecule has 1 atom stereocenters. The minimum atomic E-state index is 0.402. The van der Waals surface area contributed by atoms with E-state index in [1.54, 1.807) is 7.11 Å². The van der Waals surface area contributed by atoms with E-state index in [0.717, 1.165) is 37.5 Å². The molecule has 2 rings (SSSR count). The summed E-state index contributed by atoms with van der Waals surface area (Å²) in [6, 6.07) is 8.56. The molecule has 19 heavy (non-hydrogen) atoms. The van der Waals surface area contributed by atoms with Crippen LogP contribution in [0, 0.1) is 0 Å². The lowest BCUT2D eigenvalue weighted by atomic mass is 10.2. The minimum Gasteiger partial charge on any atom is -0.383 e. The van der Waals surface area contributed by atoms with Crippen LogP contribution < -0.4 is 10.6 Å². The number of hydrogen-bond donors (Lipinski definition) is 3. The van der Waals surface area contributed by atoms with Gasteiger partial charge < -0.3 is 15.4 Å². The van der Waals surface area contributed by atoms with Gasteiger partial charge in [0.05, 0.1) is 17.8 Å². The summed E-state index contributed by atoms with van der Waals surface area (Å²) in [5.74, 6) is 0. The SMILES string of the molecule is COCCNCC(C)NCc1[nH]nc2ccccc12. The highest BCUT2D eigenvalue weighted by atomic mass is 16.5. The van der Waals surface area contributed by atoms with E-state index in [1.165, 1.54) is 5.39 Å². The number of hydrogen-bond acceptors (Lipinski definition) is 4. The Kier molecular flexibility index (Phi) is 5.32. The quantitative estimate of drug-likeness (QED) is 0.627. The molecule has 0 radical (unpaired) electrons. The predicted octanol–water partition coefficient (Wildman–Crippen LogP) is 1.28. The summed E-state index contributed by atoms with van der Waals surface area (Å²) in [5.41, 5.74) is 2.16. The molecule has 0 spiro atoms. The number of nitrogens with one attached hydrogen (secondary N) is 3. The highest BCUT2D eigenvalue weighted by molar-refractivity contribution is 5.81. The van der Waals surface area contributed by atoms with Crippen molar-refractivity contribution < 1.29 is 4.74 Å². The Hall–Kier alpha value is -1.43. The van der Waals surface area contributed by atoms with Crippen LogP contribution in [-0.2, 0) is 11.3 Å². The average molecular weight is 262 g/mol. The fourth-order valence-electron chi connectivity index (χ4n) is 1.99. The summed E-state index contributed by atoms with van der Waals surface area (Å²) >= 11 is 0. The van der Waals surface area contributed by atoms with E-state index >= 15 is 0 Å². The number of H-pyrrole nitrogens is 1. The first kappa shape index (κ1) is 14.0. The van der Waals surface area contributed by atoms with E-state index in [0.29, 0.717) is 6.04 Å². The molecule has 0 saturated carbocycles. The highest BCUT2D eigenvalue weighted by Gasteiger charge is 2.06. The van der Waals surface area contributed by atoms with Crippen molar-refractivity contribution in [2.45, 2.75) is 19.5 Å². The van der Waals surface area contributed by atoms with Crippen molar-refractivity contribution >= 4 is 10.9 Å². The first-order valence-electron chi connectivity index (χ1n) is 6.66. The molecule has 1 aromatic heterocycles. The van der Waals surface area contributed by atoms with Crippen molar-refractivity contribution in [3.8, 4) is 0 Å². The summed E-state index contributed by atoms with van der Waals surface area (Å²) in [6.45, 7) is 5.52. The van der Waals surface area contributed by atoms with Gasteiger partial charge in [0, 0.05) is 38.2 Å². The number of benzene rings is 1. The van der Waals surface area contributed by atoms with Gasteiger partial charge in [0.1, 0.15) is 0 Å². The number of nitrogens with zero attached hydrogens (tertiary/aromatic N) is 1. The molecule has 0 aliphatic carbocycles. The summed E-state index contributed by atoms with van der Waals surface area (Å²) in [4.78, 5) is 0. The third-order valence-electron chi connectivity index (χ3n) is 3.10. The Morgan fingerprint density at radius 1 is 1.37 bits per heavy atom. The van der Waals surface area contributed by atoms with Crippen molar-refractivity contribution in [1.82, 2.24) is 20.8 Å². The van der Waals surface area contributed by atoms with Crippen molar-refractivity contribution in [1.29, 1.82) is 0 Å². The van der Waals surface area contributed by atoms with Gasteiger partial charge in [-0.1, -0.05) is 18.2 Å². The van der Waals surface area contributed by atoms with E-state index < -0.39 is 0 Å². The molecule has 5 heteroatoms. The number of fused-ring (bicyclic) bond motifs is 1. The number of para-hydroxylation sites is 1. The highest BCUT2D eigenvalue weighted by Crippen LogP contribution is 2.14. The normalized spacial score (nSPS) is 12.9. The molecule has 0 saturated heterocycles. The summed E-state index contributed by atoms with van der Waals surface area (Å²) in [7, 11) is 1.71. The fourth-order valence-corrected chi connectivity index (χ4v) is 1.99. The molecule has 0 fully saturated rings. The van der Waals surface area contributed by atoms with Crippen LogP contribution in [0.3, 0.4) is 0 Å². The van der Waals surface area contributed by atoms with Gasteiger partial charge >= 0.3 is 0 Å². The van der Waals surface area contributed by atoms with Gasteiger partial charge in [-0.3, -0.25) is 5.10 Å². The van der Waals surface area contributed by atoms with E-state index in [9.17, 15) is 0 Å². The summed E-state index contributed by atoms with van der Waals surface area (Å²) in [6.07, 6.45) is 0. The second kappa shape index (κ2) is 7.23. The Balaban J connectivity index is 1.78. The summed E-state index contributed by atoms with van der Waals surface area (Å²) in [5, 5.41) is 15.4. The van der Waals surface area contributed by atoms with Crippen LogP contribution in [0.4, 0.5) is 0 Å². The number of aromatic amines is 1. The van der Waals surface area contributed by atoms with Gasteiger partial charge in [-0.2, -0.15) is 5.10 Å². The van der Waals surface area contributed by atoms with Crippen LogP contribution >= 0.6 is 0 Å². The van der Waals surface area contributed by atoms with Crippen LogP contribution in [0.2, 0.25) is 0 Å². The molecule has 0 aliphatic heterocycles. The lowest BCUT2D eigenvalue weighted by Crippen LogP contribution is -2.37. The lowest BCUT2D eigenvalue weighted by molar-refractivity contribution is 0.198. The van der Waals surface area contributed by atoms with Gasteiger partial charge in [0.2, 0.25) is 0 Å². The van der Waals surface area contributed by atoms with Crippen molar-refractivity contribution in [3.63, 3.8) is 0 Å². The monoisotopic (exact) mass is 262 g/mol. The van der Waals surface area contributed by atoms with Gasteiger partial charge in [-0.05, 0) is 13.0 Å². The zero-order valence-corrected chi connectivity index (χ0v) is 11.6. The fraction of sp³-hybridized carbons (Fsp3) is 0.500. The van der Waals surface area contributed by atoms with Crippen LogP contribution in [0.5, 0.6) is 0 Å². The first-order chi connectivity index (χ1) is 9.31. The second-order valence-corrected chi connectivity index (χ2v) is 4.70. The summed E-state index contributed by atoms with van der Waals surface area (Å²) < 4.78 is 4.99. The average Bonchev–Trinajstić information content (AvgIpc) is 2.85. The molecule has 1 unspecified atom stereocenters. The maximum atomic E-state index is 4.99. The van der Waals surface area contributed by atoms with Crippen LogP contribution in [0.1, 0.15) is 12.6 Å². The number of methoxy groups -OCH3 is 1. The van der Waals surface area contributed by atoms with Gasteiger partial charge in [0.15, 0.2) is 0 Å². The van der Waals surface area contributed by atoms with Crippen LogP contribution in [0.25, 0.3) is 10.9 Å². The van der Waals surface area contributed by atoms with E-state index in [-0.39, 0.29) is 0 Å². The first-order valence-corrected chi connectivity index (χ1v) is 6.66. The third kappa shape index (κ3) is 4.02. The number of aromatic nitrogens is 2.